The first-order chi connectivity index (χ1) is 52.6. The summed E-state index contributed by atoms with van der Waals surface area (Å²) in [4.78, 5) is 129. The van der Waals surface area contributed by atoms with E-state index in [1.165, 1.54) is 18.2 Å². The molecule has 1 fully saturated rings. The molecule has 7 unspecified atom stereocenters. The van der Waals surface area contributed by atoms with Crippen molar-refractivity contribution in [2.75, 3.05) is 136 Å². The molecule has 1 aliphatic rings. The topological polar surface area (TPSA) is 464 Å². The minimum atomic E-state index is -1.78. The van der Waals surface area contributed by atoms with E-state index in [0.29, 0.717) is 123 Å². The Hall–Kier alpha value is -7.71. The van der Waals surface area contributed by atoms with E-state index in [9.17, 15) is 68.1 Å². The maximum absolute atomic E-state index is 13.5. The number of amides is 5. The van der Waals surface area contributed by atoms with E-state index >= 15 is 0 Å². The van der Waals surface area contributed by atoms with E-state index in [4.69, 9.17) is 69.4 Å². The molecular formula is C71H118N6O28. The molecule has 0 aromatic heterocycles. The number of primary amides is 1. The number of carbonyl (C=O) groups is 11. The van der Waals surface area contributed by atoms with Crippen molar-refractivity contribution in [2.45, 2.75) is 182 Å². The lowest BCUT2D eigenvalue weighted by atomic mass is 9.92. The summed E-state index contributed by atoms with van der Waals surface area (Å²) in [5, 5.41) is 41.2. The van der Waals surface area contributed by atoms with Crippen molar-refractivity contribution in [1.82, 2.24) is 16.1 Å². The summed E-state index contributed by atoms with van der Waals surface area (Å²) in [5.74, 6) is -1.53. The monoisotopic (exact) mass is 1510 g/mol. The molecule has 0 aliphatic carbocycles. The highest BCUT2D eigenvalue weighted by Crippen LogP contribution is 2.30. The van der Waals surface area contributed by atoms with Crippen molar-refractivity contribution >= 4 is 78.4 Å². The van der Waals surface area contributed by atoms with Gasteiger partial charge in [-0.25, -0.2) is 10.3 Å². The first-order valence-electron chi connectivity index (χ1n) is 37.5. The molecule has 0 spiro atoms. The van der Waals surface area contributed by atoms with Gasteiger partial charge in [-0.3, -0.25) is 47.9 Å². The molecule has 7 atom stereocenters. The third-order valence-corrected chi connectivity index (χ3v) is 13.2. The van der Waals surface area contributed by atoms with E-state index in [2.05, 4.69) is 37.8 Å². The Kier molecular flexibility index (Phi) is 59.2. The van der Waals surface area contributed by atoms with Crippen LogP contribution in [0.25, 0.3) is 0 Å². The Morgan fingerprint density at radius 1 is 0.619 bits per heavy atom. The van der Waals surface area contributed by atoms with Gasteiger partial charge in [-0.1, -0.05) is 48.5 Å². The lowest BCUT2D eigenvalue weighted by molar-refractivity contribution is -0.321. The van der Waals surface area contributed by atoms with Gasteiger partial charge in [0.25, 0.3) is 18.8 Å². The zero-order chi connectivity index (χ0) is 82.7. The van der Waals surface area contributed by atoms with Gasteiger partial charge in [0.2, 0.25) is 24.4 Å². The second-order valence-corrected chi connectivity index (χ2v) is 22.5. The van der Waals surface area contributed by atoms with Crippen LogP contribution in [0.3, 0.4) is 0 Å². The standard InChI is InChI=1S/C25H40N4O7.C24H33NO12.C8H15NO4.C7H14O3.C7H16O2/c1-4-13-34-15-16-35-17-22(31)29-23(18(2)3)24(32)21(6-5-11-27-25(26)33)28-19-7-9-20(10-8-19)36-14-12-30;1-2-9-33-10-3-4-17(28)6-8-19(29)25-16-5-7-18(15(11-16)12-34-13-26)36-24-22(32)20(30)21(31)23(37-24)35-14-27;1-2-5-12-6-7-13-9-8(11)3-4-10;1-2-4-9-6-7-10-5-3-8;1-3-5-9-7-6-8-4-2/h7-10,12,18,21,23,28H,4-6,11,13-17H2,1-3H3,(H,29,31)(H3,26,27,33);5,7,11,13-14,20-24,30-32H,2-4,6,8-10,12H2,1H3,(H,25,29);4H,2-3,5-7H2,1H3,(H,9,11);3H,2,4-7H2,1H3;3-7H2,1-2H3/i12D;13D;4D;3D;2D. The summed E-state index contributed by atoms with van der Waals surface area (Å²) >= 11 is 0. The van der Waals surface area contributed by atoms with Crippen molar-refractivity contribution in [3.63, 3.8) is 0 Å². The number of hydroxylamine groups is 1. The molecule has 1 saturated heterocycles. The fourth-order valence-corrected chi connectivity index (χ4v) is 8.24. The molecule has 0 saturated carbocycles. The van der Waals surface area contributed by atoms with Crippen LogP contribution in [0.1, 0.15) is 145 Å². The van der Waals surface area contributed by atoms with Crippen LogP contribution >= 0.6 is 0 Å². The van der Waals surface area contributed by atoms with Gasteiger partial charge in [0.1, 0.15) is 78.7 Å². The fourth-order valence-electron chi connectivity index (χ4n) is 8.24. The molecule has 1 aliphatic heterocycles. The Balaban J connectivity index is 0. The number of ether oxygens (including phenoxy) is 13. The van der Waals surface area contributed by atoms with Gasteiger partial charge >= 0.3 is 6.03 Å². The number of aliphatic hydroxyl groups is 3. The summed E-state index contributed by atoms with van der Waals surface area (Å²) in [6.45, 7) is 21.2. The number of rotatable bonds is 57. The van der Waals surface area contributed by atoms with Crippen LogP contribution in [0.2, 0.25) is 0 Å². The van der Waals surface area contributed by atoms with Crippen LogP contribution < -0.4 is 42.0 Å². The number of nitrogens with two attached hydrogens (primary N) is 1. The number of benzene rings is 2. The van der Waals surface area contributed by atoms with Gasteiger partial charge in [-0.05, 0) is 107 Å². The number of Topliss-reactive ketones (excluding diaryl/α,β-unsaturated/α-hetero) is 2. The minimum Gasteiger partial charge on any atom is -0.486 e. The number of urea groups is 1. The third kappa shape index (κ3) is 54.5. The molecule has 1 heterocycles. The van der Waals surface area contributed by atoms with Crippen LogP contribution in [0, 0.1) is 5.92 Å². The van der Waals surface area contributed by atoms with E-state index in [-0.39, 0.29) is 86.8 Å². The van der Waals surface area contributed by atoms with Crippen molar-refractivity contribution in [3.8, 4) is 11.5 Å². The van der Waals surface area contributed by atoms with E-state index < -0.39 is 105 Å². The van der Waals surface area contributed by atoms with Crippen molar-refractivity contribution < 1.29 is 141 Å². The second kappa shape index (κ2) is 69.3. The second-order valence-electron chi connectivity index (χ2n) is 22.5. The molecule has 3 rings (SSSR count). The molecule has 2 aromatic rings. The van der Waals surface area contributed by atoms with Gasteiger partial charge in [-0.2, -0.15) is 0 Å². The average molecular weight is 1510 g/mol. The molecule has 600 valence electrons. The van der Waals surface area contributed by atoms with Crippen LogP contribution in [-0.4, -0.2) is 251 Å². The number of hydrogen-bond donors (Lipinski definition) is 9. The molecule has 105 heavy (non-hydrogen) atoms. The fraction of sp³-hybridized carbons (Fsp3) is 0.676. The quantitative estimate of drug-likeness (QED) is 0.0196. The zero-order valence-electron chi connectivity index (χ0n) is 66.7. The van der Waals surface area contributed by atoms with Crippen LogP contribution in [0.15, 0.2) is 42.5 Å². The number of aldehydes is 3. The average Bonchev–Trinajstić information content (AvgIpc) is 0.805. The Morgan fingerprint density at radius 2 is 1.19 bits per heavy atom. The lowest BCUT2D eigenvalue weighted by Gasteiger charge is -2.39. The molecule has 0 radical (unpaired) electrons. The highest BCUT2D eigenvalue weighted by molar-refractivity contribution is 5.95. The molecule has 0 bridgehead atoms. The molecule has 10 N–H and O–H groups in total. The number of aliphatic hydroxyl groups excluding tert-OH is 3. The largest absolute Gasteiger partial charge is 0.486 e. The summed E-state index contributed by atoms with van der Waals surface area (Å²) in [5.41, 5.74) is 8.19. The Bertz CT molecular complexity index is 2840. The Morgan fingerprint density at radius 3 is 1.75 bits per heavy atom. The van der Waals surface area contributed by atoms with E-state index in [1.54, 1.807) is 24.3 Å². The highest BCUT2D eigenvalue weighted by Gasteiger charge is 2.46. The number of nitrogens with one attached hydrogen (secondary N) is 5. The van der Waals surface area contributed by atoms with Gasteiger partial charge in [-0.15, -0.1) is 0 Å². The van der Waals surface area contributed by atoms with Crippen LogP contribution in [0.5, 0.6) is 11.5 Å². The van der Waals surface area contributed by atoms with Crippen LogP contribution in [-0.2, 0) is 111 Å². The summed E-state index contributed by atoms with van der Waals surface area (Å²) in [6.07, 6.45) is -6.29. The molecule has 34 heteroatoms. The van der Waals surface area contributed by atoms with Crippen molar-refractivity contribution in [3.05, 3.63) is 48.0 Å². The smallest absolute Gasteiger partial charge is 0.312 e. The molecule has 34 nitrogen and oxygen atoms in total. The highest BCUT2D eigenvalue weighted by atomic mass is 16.8. The number of carbonyl (C=O) groups excluding carboxylic acids is 11. The predicted molar refractivity (Wildman–Crippen MR) is 382 cm³/mol. The summed E-state index contributed by atoms with van der Waals surface area (Å²) in [6, 6.07) is 8.65. The Labute approximate surface area is 623 Å². The van der Waals surface area contributed by atoms with Gasteiger partial charge < -0.3 is 109 Å². The number of hydrogen-bond acceptors (Lipinski definition) is 29. The lowest BCUT2D eigenvalue weighted by Crippen LogP contribution is -2.59. The van der Waals surface area contributed by atoms with Gasteiger partial charge in [0.15, 0.2) is 13.4 Å². The van der Waals surface area contributed by atoms with Crippen molar-refractivity contribution in [1.29, 1.82) is 0 Å². The number of anilines is 2. The normalized spacial score (nSPS) is 16.0. The first-order valence-corrected chi connectivity index (χ1v) is 34.8. The van der Waals surface area contributed by atoms with E-state index in [1.807, 2.05) is 47.0 Å². The zero-order valence-corrected chi connectivity index (χ0v) is 61.7. The molecular weight excluding hydrogens is 1380 g/mol. The predicted octanol–water partition coefficient (Wildman–Crippen LogP) is 3.95. The van der Waals surface area contributed by atoms with E-state index in [0.717, 1.165) is 45.3 Å². The SMILES string of the molecule is [2H]C(=O)CC(=O)NOCCOCCC.[2H]C(=O)COCCOCCC.[2H]C(=O)COc1ccc(NC(CCCNC(N)=O)C(=O)C(NC(=O)COCCOCCC)C(C)C)cc1.[2H]C(=O)OCc1cc(NC(=O)CCC(=O)CCCOCCC)ccc1OC1OC(OC=O)C(O)C(O)C1O.[2H]CCOCCOCCC. The number of ketones is 2. The first kappa shape index (κ1) is 89.7. The maximum Gasteiger partial charge on any atom is 0.312 e. The van der Waals surface area contributed by atoms with Crippen LogP contribution in [0.4, 0.5) is 16.2 Å². The van der Waals surface area contributed by atoms with Gasteiger partial charge in [0.05, 0.1) is 71.4 Å². The third-order valence-electron chi connectivity index (χ3n) is 13.2. The minimum absolute atomic E-state index is 0.0123. The summed E-state index contributed by atoms with van der Waals surface area (Å²) < 4.78 is 99.9. The maximum atomic E-state index is 13.5. The molecule has 5 amide bonds. The van der Waals surface area contributed by atoms with Crippen molar-refractivity contribution in [2.24, 2.45) is 11.7 Å². The van der Waals surface area contributed by atoms with Gasteiger partial charge in [0, 0.05) is 90.4 Å². The summed E-state index contributed by atoms with van der Waals surface area (Å²) in [7, 11) is 0. The molecule has 2 aromatic carbocycles.